The van der Waals surface area contributed by atoms with Gasteiger partial charge in [-0.1, -0.05) is 35.3 Å². The minimum Gasteiger partial charge on any atom is -0.353 e. The van der Waals surface area contributed by atoms with Crippen molar-refractivity contribution in [3.05, 3.63) is 64.3 Å². The van der Waals surface area contributed by atoms with E-state index in [4.69, 9.17) is 23.2 Å². The molecule has 6 heteroatoms. The molecular weight excluding hydrogens is 345 g/mol. The zero-order valence-corrected chi connectivity index (χ0v) is 14.5. The summed E-state index contributed by atoms with van der Waals surface area (Å²) in [6.07, 6.45) is 5.06. The van der Waals surface area contributed by atoms with Gasteiger partial charge in [0.05, 0.1) is 5.02 Å². The molecule has 0 unspecified atom stereocenters. The fraction of sp³-hybridized carbons (Fsp3) is 0.222. The van der Waals surface area contributed by atoms with Crippen molar-refractivity contribution in [3.63, 3.8) is 0 Å². The number of hydrogen-bond acceptors (Lipinski definition) is 3. The van der Waals surface area contributed by atoms with Gasteiger partial charge in [-0.15, -0.1) is 0 Å². The third-order valence-corrected chi connectivity index (χ3v) is 4.39. The van der Waals surface area contributed by atoms with E-state index < -0.39 is 0 Å². The van der Waals surface area contributed by atoms with Crippen LogP contribution >= 0.6 is 23.2 Å². The fourth-order valence-corrected chi connectivity index (χ4v) is 2.80. The van der Waals surface area contributed by atoms with E-state index in [1.165, 1.54) is 0 Å². The normalized spacial score (nSPS) is 15.1. The van der Waals surface area contributed by atoms with Crippen LogP contribution in [-0.4, -0.2) is 42.0 Å². The van der Waals surface area contributed by atoms with E-state index in [-0.39, 0.29) is 5.91 Å². The molecule has 0 atom stereocenters. The summed E-state index contributed by atoms with van der Waals surface area (Å²) < 4.78 is 0. The van der Waals surface area contributed by atoms with Crippen LogP contribution in [-0.2, 0) is 4.79 Å². The minimum absolute atomic E-state index is 0.0219. The van der Waals surface area contributed by atoms with Crippen LogP contribution in [0.4, 0.5) is 5.82 Å². The lowest BCUT2D eigenvalue weighted by Gasteiger charge is -2.34. The van der Waals surface area contributed by atoms with Crippen LogP contribution in [0.5, 0.6) is 0 Å². The Balaban J connectivity index is 1.55. The van der Waals surface area contributed by atoms with E-state index >= 15 is 0 Å². The van der Waals surface area contributed by atoms with Crippen LogP contribution < -0.4 is 4.90 Å². The molecule has 1 saturated heterocycles. The van der Waals surface area contributed by atoms with Gasteiger partial charge in [0.15, 0.2) is 0 Å². The molecule has 1 aliphatic rings. The maximum absolute atomic E-state index is 12.3. The highest BCUT2D eigenvalue weighted by Gasteiger charge is 2.20. The van der Waals surface area contributed by atoms with Crippen molar-refractivity contribution in [2.24, 2.45) is 0 Å². The molecule has 1 aromatic heterocycles. The number of rotatable bonds is 3. The lowest BCUT2D eigenvalue weighted by atomic mass is 10.2. The van der Waals surface area contributed by atoms with Gasteiger partial charge < -0.3 is 9.80 Å². The van der Waals surface area contributed by atoms with Gasteiger partial charge in [0.2, 0.25) is 5.91 Å². The molecule has 0 saturated carbocycles. The molecule has 0 aliphatic carbocycles. The molecule has 0 N–H and O–H groups in total. The summed E-state index contributed by atoms with van der Waals surface area (Å²) in [5.41, 5.74) is 0.955. The van der Waals surface area contributed by atoms with Gasteiger partial charge in [-0.05, 0) is 35.9 Å². The van der Waals surface area contributed by atoms with Crippen molar-refractivity contribution in [1.82, 2.24) is 9.88 Å². The molecular formula is C18H17Cl2N3O. The second kappa shape index (κ2) is 7.69. The van der Waals surface area contributed by atoms with Crippen LogP contribution in [0.15, 0.2) is 48.7 Å². The summed E-state index contributed by atoms with van der Waals surface area (Å²) in [4.78, 5) is 20.6. The zero-order chi connectivity index (χ0) is 16.9. The van der Waals surface area contributed by atoms with Gasteiger partial charge in [-0.2, -0.15) is 0 Å². The predicted molar refractivity (Wildman–Crippen MR) is 98.5 cm³/mol. The van der Waals surface area contributed by atoms with Gasteiger partial charge in [0.25, 0.3) is 0 Å². The molecule has 3 rings (SSSR count). The third-order valence-electron chi connectivity index (χ3n) is 3.92. The first-order valence-electron chi connectivity index (χ1n) is 7.71. The topological polar surface area (TPSA) is 36.4 Å². The molecule has 1 aliphatic heterocycles. The fourth-order valence-electron chi connectivity index (χ4n) is 2.56. The Morgan fingerprint density at radius 2 is 1.62 bits per heavy atom. The van der Waals surface area contributed by atoms with Crippen molar-refractivity contribution in [2.45, 2.75) is 0 Å². The first-order valence-corrected chi connectivity index (χ1v) is 8.46. The number of pyridine rings is 1. The first kappa shape index (κ1) is 16.8. The number of benzene rings is 1. The molecule has 4 nitrogen and oxygen atoms in total. The molecule has 2 aromatic rings. The average molecular weight is 362 g/mol. The number of anilines is 1. The zero-order valence-electron chi connectivity index (χ0n) is 13.0. The highest BCUT2D eigenvalue weighted by atomic mass is 35.5. The standard InChI is InChI=1S/C18H17Cl2N3O/c19-15-4-1-14(2-5-15)3-8-18(24)23-11-9-22(10-12-23)17-7-6-16(20)13-21-17/h1-8,13H,9-12H2/b8-3+. The Morgan fingerprint density at radius 3 is 2.25 bits per heavy atom. The third kappa shape index (κ3) is 4.28. The quantitative estimate of drug-likeness (QED) is 0.781. The smallest absolute Gasteiger partial charge is 0.246 e. The largest absolute Gasteiger partial charge is 0.353 e. The predicted octanol–water partition coefficient (Wildman–Crippen LogP) is 3.75. The maximum Gasteiger partial charge on any atom is 0.246 e. The number of halogens is 2. The van der Waals surface area contributed by atoms with Crippen molar-refractivity contribution >= 4 is 41.0 Å². The molecule has 24 heavy (non-hydrogen) atoms. The highest BCUT2D eigenvalue weighted by molar-refractivity contribution is 6.30. The number of hydrogen-bond donors (Lipinski definition) is 0. The lowest BCUT2D eigenvalue weighted by Crippen LogP contribution is -2.48. The van der Waals surface area contributed by atoms with Crippen molar-refractivity contribution in [3.8, 4) is 0 Å². The average Bonchev–Trinajstić information content (AvgIpc) is 2.62. The summed E-state index contributed by atoms with van der Waals surface area (Å²) >= 11 is 11.7. The van der Waals surface area contributed by atoms with Gasteiger partial charge in [-0.3, -0.25) is 4.79 Å². The molecule has 124 valence electrons. The second-order valence-electron chi connectivity index (χ2n) is 5.53. The number of piperazine rings is 1. The summed E-state index contributed by atoms with van der Waals surface area (Å²) in [7, 11) is 0. The van der Waals surface area contributed by atoms with Gasteiger partial charge in [0, 0.05) is 43.5 Å². The lowest BCUT2D eigenvalue weighted by molar-refractivity contribution is -0.126. The summed E-state index contributed by atoms with van der Waals surface area (Å²) in [6.45, 7) is 2.87. The summed E-state index contributed by atoms with van der Waals surface area (Å²) in [6, 6.07) is 11.1. The number of carbonyl (C=O) groups excluding carboxylic acids is 1. The van der Waals surface area contributed by atoms with E-state index in [1.54, 1.807) is 12.3 Å². The van der Waals surface area contributed by atoms with Gasteiger partial charge in [-0.25, -0.2) is 4.98 Å². The molecule has 0 spiro atoms. The highest BCUT2D eigenvalue weighted by Crippen LogP contribution is 2.16. The monoisotopic (exact) mass is 361 g/mol. The summed E-state index contributed by atoms with van der Waals surface area (Å²) in [5, 5.41) is 1.31. The van der Waals surface area contributed by atoms with Crippen LogP contribution in [0, 0.1) is 0 Å². The van der Waals surface area contributed by atoms with Gasteiger partial charge in [0.1, 0.15) is 5.82 Å². The Hall–Kier alpha value is -2.04. The number of aromatic nitrogens is 1. The van der Waals surface area contributed by atoms with Gasteiger partial charge >= 0.3 is 0 Å². The van der Waals surface area contributed by atoms with E-state index in [9.17, 15) is 4.79 Å². The SMILES string of the molecule is O=C(/C=C/c1ccc(Cl)cc1)N1CCN(c2ccc(Cl)cn2)CC1. The first-order chi connectivity index (χ1) is 11.6. The van der Waals surface area contributed by atoms with Crippen LogP contribution in [0.3, 0.4) is 0 Å². The Kier molecular flexibility index (Phi) is 5.38. The summed E-state index contributed by atoms with van der Waals surface area (Å²) in [5.74, 6) is 0.914. The van der Waals surface area contributed by atoms with Crippen LogP contribution in [0.2, 0.25) is 10.0 Å². The number of carbonyl (C=O) groups is 1. The van der Waals surface area contributed by atoms with Crippen molar-refractivity contribution in [2.75, 3.05) is 31.1 Å². The second-order valence-corrected chi connectivity index (χ2v) is 6.40. The number of amides is 1. The number of nitrogens with zero attached hydrogens (tertiary/aromatic N) is 3. The molecule has 1 fully saturated rings. The van der Waals surface area contributed by atoms with E-state index in [0.717, 1.165) is 24.5 Å². The Labute approximate surface area is 151 Å². The molecule has 2 heterocycles. The molecule has 0 radical (unpaired) electrons. The minimum atomic E-state index is 0.0219. The Morgan fingerprint density at radius 1 is 0.958 bits per heavy atom. The Bertz CT molecular complexity index is 721. The maximum atomic E-state index is 12.3. The van der Waals surface area contributed by atoms with Crippen molar-refractivity contribution < 1.29 is 4.79 Å². The van der Waals surface area contributed by atoms with Crippen molar-refractivity contribution in [1.29, 1.82) is 0 Å². The van der Waals surface area contributed by atoms with Crippen LogP contribution in [0.25, 0.3) is 6.08 Å². The molecule has 1 amide bonds. The molecule has 1 aromatic carbocycles. The molecule has 0 bridgehead atoms. The van der Waals surface area contributed by atoms with Crippen LogP contribution in [0.1, 0.15) is 5.56 Å². The van der Waals surface area contributed by atoms with E-state index in [1.807, 2.05) is 47.4 Å². The van der Waals surface area contributed by atoms with E-state index in [2.05, 4.69) is 9.88 Å². The van der Waals surface area contributed by atoms with E-state index in [0.29, 0.717) is 23.1 Å².